The first-order valence-corrected chi connectivity index (χ1v) is 11.4. The van der Waals surface area contributed by atoms with Crippen LogP contribution in [0.1, 0.15) is 23.0 Å². The molecular weight excluding hydrogens is 410 g/mol. The lowest BCUT2D eigenvalue weighted by molar-refractivity contribution is -0.119. The Morgan fingerprint density at radius 3 is 2.59 bits per heavy atom. The maximum Gasteiger partial charge on any atom is 0.350 e. The second-order valence-corrected chi connectivity index (χ2v) is 9.89. The maximum absolute atomic E-state index is 12.5. The monoisotopic (exact) mass is 427 g/mol. The van der Waals surface area contributed by atoms with Crippen LogP contribution in [0, 0.1) is 5.92 Å². The zero-order valence-corrected chi connectivity index (χ0v) is 16.9. The van der Waals surface area contributed by atoms with Crippen LogP contribution in [-0.4, -0.2) is 38.4 Å². The van der Waals surface area contributed by atoms with E-state index in [-0.39, 0.29) is 29.4 Å². The highest BCUT2D eigenvalue weighted by Crippen LogP contribution is 2.36. The average molecular weight is 428 g/mol. The first-order chi connectivity index (χ1) is 12.8. The molecule has 1 fully saturated rings. The quantitative estimate of drug-likeness (QED) is 0.736. The third kappa shape index (κ3) is 4.69. The van der Waals surface area contributed by atoms with Crippen molar-refractivity contribution >= 4 is 50.3 Å². The first-order valence-electron chi connectivity index (χ1n) is 8.37. The van der Waals surface area contributed by atoms with E-state index in [9.17, 15) is 18.0 Å². The number of halogens is 1. The van der Waals surface area contributed by atoms with Gasteiger partial charge in [-0.25, -0.2) is 13.2 Å². The van der Waals surface area contributed by atoms with Gasteiger partial charge in [-0.15, -0.1) is 11.3 Å². The normalized spacial score (nSPS) is 18.2. The molecule has 27 heavy (non-hydrogen) atoms. The molecule has 144 valence electrons. The van der Waals surface area contributed by atoms with Gasteiger partial charge in [-0.2, -0.15) is 0 Å². The molecule has 0 radical (unpaired) electrons. The van der Waals surface area contributed by atoms with Crippen LogP contribution in [0.25, 0.3) is 10.4 Å². The Labute approximate surface area is 166 Å². The van der Waals surface area contributed by atoms with Gasteiger partial charge in [0.25, 0.3) is 0 Å². The van der Waals surface area contributed by atoms with Gasteiger partial charge in [-0.3, -0.25) is 4.79 Å². The fourth-order valence-electron chi connectivity index (χ4n) is 2.83. The number of carbonyl (C=O) groups is 2. The van der Waals surface area contributed by atoms with E-state index in [1.165, 1.54) is 11.3 Å². The fraction of sp³-hybridized carbons (Fsp3) is 0.333. The SMILES string of the molecule is CCOC(=O)c1sc(-c2ccc(Cl)cc2)cc1NC(=O)[C@@H]1CCS(=O)(=O)C1. The summed E-state index contributed by atoms with van der Waals surface area (Å²) in [6.07, 6.45) is 0.289. The van der Waals surface area contributed by atoms with Crippen molar-refractivity contribution in [2.45, 2.75) is 13.3 Å². The number of amides is 1. The van der Waals surface area contributed by atoms with Gasteiger partial charge in [0, 0.05) is 9.90 Å². The van der Waals surface area contributed by atoms with Crippen LogP contribution >= 0.6 is 22.9 Å². The second-order valence-electron chi connectivity index (χ2n) is 6.17. The average Bonchev–Trinajstić information content (AvgIpc) is 3.19. The largest absolute Gasteiger partial charge is 0.462 e. The molecule has 0 bridgehead atoms. The van der Waals surface area contributed by atoms with Crippen LogP contribution in [0.3, 0.4) is 0 Å². The molecule has 1 aliphatic rings. The van der Waals surface area contributed by atoms with Crippen LogP contribution in [-0.2, 0) is 19.4 Å². The van der Waals surface area contributed by atoms with Crippen molar-refractivity contribution in [3.05, 3.63) is 40.2 Å². The number of sulfone groups is 1. The molecule has 1 N–H and O–H groups in total. The smallest absolute Gasteiger partial charge is 0.350 e. The molecule has 1 amide bonds. The van der Waals surface area contributed by atoms with Crippen molar-refractivity contribution in [1.82, 2.24) is 0 Å². The minimum Gasteiger partial charge on any atom is -0.462 e. The number of rotatable bonds is 5. The number of ether oxygens (including phenoxy) is 1. The zero-order chi connectivity index (χ0) is 19.6. The van der Waals surface area contributed by atoms with Gasteiger partial charge < -0.3 is 10.1 Å². The molecular formula is C18H18ClNO5S2. The topological polar surface area (TPSA) is 89.5 Å². The standard InChI is InChI=1S/C18H18ClNO5S2/c1-2-25-18(22)16-14(20-17(21)12-7-8-27(23,24)10-12)9-15(26-16)11-3-5-13(19)6-4-11/h3-6,9,12H,2,7-8,10H2,1H3,(H,20,21)/t12-/m1/s1. The van der Waals surface area contributed by atoms with E-state index in [0.29, 0.717) is 10.7 Å². The van der Waals surface area contributed by atoms with Gasteiger partial charge >= 0.3 is 5.97 Å². The Morgan fingerprint density at radius 1 is 1.30 bits per heavy atom. The zero-order valence-electron chi connectivity index (χ0n) is 14.5. The molecule has 1 saturated heterocycles. The minimum atomic E-state index is -3.17. The summed E-state index contributed by atoms with van der Waals surface area (Å²) in [5.41, 5.74) is 1.18. The molecule has 1 aliphatic heterocycles. The number of carbonyl (C=O) groups excluding carboxylic acids is 2. The van der Waals surface area contributed by atoms with Crippen molar-refractivity contribution in [2.75, 3.05) is 23.4 Å². The highest BCUT2D eigenvalue weighted by atomic mass is 35.5. The Hall–Kier alpha value is -1.90. The summed E-state index contributed by atoms with van der Waals surface area (Å²) in [6.45, 7) is 1.91. The van der Waals surface area contributed by atoms with Gasteiger partial charge in [0.2, 0.25) is 5.91 Å². The van der Waals surface area contributed by atoms with Crippen LogP contribution in [0.2, 0.25) is 5.02 Å². The molecule has 6 nitrogen and oxygen atoms in total. The van der Waals surface area contributed by atoms with E-state index in [4.69, 9.17) is 16.3 Å². The highest BCUT2D eigenvalue weighted by Gasteiger charge is 2.33. The van der Waals surface area contributed by atoms with Crippen molar-refractivity contribution in [3.63, 3.8) is 0 Å². The number of anilines is 1. The Morgan fingerprint density at radius 2 is 2.00 bits per heavy atom. The number of thiophene rings is 1. The number of nitrogens with one attached hydrogen (secondary N) is 1. The van der Waals surface area contributed by atoms with Gasteiger partial charge in [-0.05, 0) is 37.1 Å². The first kappa shape index (κ1) is 19.9. The summed E-state index contributed by atoms with van der Waals surface area (Å²) in [5, 5.41) is 3.31. The van der Waals surface area contributed by atoms with Crippen molar-refractivity contribution in [1.29, 1.82) is 0 Å². The number of hydrogen-bond acceptors (Lipinski definition) is 6. The molecule has 0 aliphatic carbocycles. The van der Waals surface area contributed by atoms with Crippen LogP contribution in [0.15, 0.2) is 30.3 Å². The molecule has 0 saturated carbocycles. The van der Waals surface area contributed by atoms with E-state index in [2.05, 4.69) is 5.32 Å². The predicted octanol–water partition coefficient (Wildman–Crippen LogP) is 3.62. The molecule has 1 aromatic carbocycles. The lowest BCUT2D eigenvalue weighted by Crippen LogP contribution is -2.24. The predicted molar refractivity (Wildman–Crippen MR) is 106 cm³/mol. The summed E-state index contributed by atoms with van der Waals surface area (Å²) < 4.78 is 28.3. The van der Waals surface area contributed by atoms with Crippen LogP contribution in [0.4, 0.5) is 5.69 Å². The Kier molecular flexibility index (Phi) is 5.88. The van der Waals surface area contributed by atoms with Crippen molar-refractivity contribution in [3.8, 4) is 10.4 Å². The van der Waals surface area contributed by atoms with Crippen molar-refractivity contribution < 1.29 is 22.7 Å². The van der Waals surface area contributed by atoms with E-state index in [1.807, 2.05) is 12.1 Å². The Bertz CT molecular complexity index is 966. The summed E-state index contributed by atoms with van der Waals surface area (Å²) >= 11 is 7.12. The van der Waals surface area contributed by atoms with Gasteiger partial charge in [0.05, 0.1) is 29.7 Å². The van der Waals surface area contributed by atoms with Crippen molar-refractivity contribution in [2.24, 2.45) is 5.92 Å². The van der Waals surface area contributed by atoms with Crippen LogP contribution < -0.4 is 5.32 Å². The summed E-state index contributed by atoms with van der Waals surface area (Å²) in [4.78, 5) is 25.8. The van der Waals surface area contributed by atoms with E-state index >= 15 is 0 Å². The minimum absolute atomic E-state index is 0.00941. The third-order valence-corrected chi connectivity index (χ3v) is 7.37. The third-order valence-electron chi connectivity index (χ3n) is 4.18. The summed E-state index contributed by atoms with van der Waals surface area (Å²) in [5.74, 6) is -1.69. The fourth-order valence-corrected chi connectivity index (χ4v) is 5.71. The lowest BCUT2D eigenvalue weighted by atomic mass is 10.1. The van der Waals surface area contributed by atoms with Crippen LogP contribution in [0.5, 0.6) is 0 Å². The summed E-state index contributed by atoms with van der Waals surface area (Å²) in [7, 11) is -3.17. The van der Waals surface area contributed by atoms with Gasteiger partial charge in [-0.1, -0.05) is 23.7 Å². The molecule has 2 heterocycles. The number of benzene rings is 1. The number of esters is 1. The molecule has 2 aromatic rings. The maximum atomic E-state index is 12.5. The molecule has 1 aromatic heterocycles. The van der Waals surface area contributed by atoms with E-state index < -0.39 is 27.6 Å². The number of hydrogen-bond donors (Lipinski definition) is 1. The molecule has 0 spiro atoms. The molecule has 0 unspecified atom stereocenters. The second kappa shape index (κ2) is 8.00. The van der Waals surface area contributed by atoms with Gasteiger partial charge in [0.1, 0.15) is 4.88 Å². The van der Waals surface area contributed by atoms with Gasteiger partial charge in [0.15, 0.2) is 9.84 Å². The molecule has 9 heteroatoms. The molecule has 3 rings (SSSR count). The lowest BCUT2D eigenvalue weighted by Gasteiger charge is -2.09. The molecule has 1 atom stereocenters. The van der Waals surface area contributed by atoms with E-state index in [0.717, 1.165) is 10.4 Å². The highest BCUT2D eigenvalue weighted by molar-refractivity contribution is 7.91. The van der Waals surface area contributed by atoms with E-state index in [1.54, 1.807) is 25.1 Å². The Balaban J connectivity index is 1.89. The summed E-state index contributed by atoms with van der Waals surface area (Å²) in [6, 6.07) is 8.81.